The van der Waals surface area contributed by atoms with Crippen molar-refractivity contribution in [3.8, 4) is 0 Å². The van der Waals surface area contributed by atoms with Gasteiger partial charge in [-0.15, -0.1) is 11.3 Å². The van der Waals surface area contributed by atoms with Gasteiger partial charge in [0.2, 0.25) is 5.91 Å². The van der Waals surface area contributed by atoms with Gasteiger partial charge in [-0.05, 0) is 24.1 Å². The highest BCUT2D eigenvalue weighted by atomic mass is 32.2. The van der Waals surface area contributed by atoms with Crippen LogP contribution in [0.2, 0.25) is 0 Å². The Morgan fingerprint density at radius 1 is 1.14 bits per heavy atom. The molecule has 0 saturated carbocycles. The third-order valence-electron chi connectivity index (χ3n) is 5.02. The number of thioether (sulfide) groups is 1. The lowest BCUT2D eigenvalue weighted by Crippen LogP contribution is -2.49. The number of carbonyl (C=O) groups excluding carboxylic acids is 2. The maximum atomic E-state index is 13.2. The number of para-hydroxylation sites is 1. The van der Waals surface area contributed by atoms with Gasteiger partial charge < -0.3 is 0 Å². The number of thiazole rings is 1. The molecule has 140 valence electrons. The minimum Gasteiger partial charge on any atom is -0.299 e. The Kier molecular flexibility index (Phi) is 4.21. The molecule has 2 amide bonds. The Morgan fingerprint density at radius 3 is 2.79 bits per heavy atom. The van der Waals surface area contributed by atoms with Crippen LogP contribution in [0.3, 0.4) is 0 Å². The summed E-state index contributed by atoms with van der Waals surface area (Å²) in [6, 6.07) is 17.9. The molecular formula is C21H17N3O2S2. The first-order valence-corrected chi connectivity index (χ1v) is 10.7. The summed E-state index contributed by atoms with van der Waals surface area (Å²) in [6.45, 7) is 0. The van der Waals surface area contributed by atoms with Gasteiger partial charge in [-0.25, -0.2) is 4.98 Å². The summed E-state index contributed by atoms with van der Waals surface area (Å²) in [5.74, 6) is -0.184. The Morgan fingerprint density at radius 2 is 1.93 bits per heavy atom. The van der Waals surface area contributed by atoms with E-state index in [9.17, 15) is 9.59 Å². The van der Waals surface area contributed by atoms with Gasteiger partial charge in [-0.2, -0.15) is 0 Å². The maximum absolute atomic E-state index is 13.2. The number of anilines is 2. The van der Waals surface area contributed by atoms with Crippen LogP contribution in [-0.4, -0.2) is 21.7 Å². The van der Waals surface area contributed by atoms with E-state index in [4.69, 9.17) is 0 Å². The average Bonchev–Trinajstić information content (AvgIpc) is 3.37. The third-order valence-corrected chi connectivity index (χ3v) is 7.41. The van der Waals surface area contributed by atoms with Crippen molar-refractivity contribution >= 4 is 45.7 Å². The third kappa shape index (κ3) is 2.82. The van der Waals surface area contributed by atoms with Crippen molar-refractivity contribution in [3.63, 3.8) is 0 Å². The number of aromatic nitrogens is 1. The van der Waals surface area contributed by atoms with Gasteiger partial charge in [-0.3, -0.25) is 19.8 Å². The lowest BCUT2D eigenvalue weighted by Gasteiger charge is -2.29. The lowest BCUT2D eigenvalue weighted by atomic mass is 10.1. The van der Waals surface area contributed by atoms with E-state index >= 15 is 0 Å². The Hall–Kier alpha value is -2.64. The Labute approximate surface area is 170 Å². The minimum absolute atomic E-state index is 0.00324. The van der Waals surface area contributed by atoms with Crippen molar-refractivity contribution in [1.29, 1.82) is 0 Å². The molecule has 1 aromatic heterocycles. The zero-order valence-electron chi connectivity index (χ0n) is 14.9. The first kappa shape index (κ1) is 17.5. The number of amides is 2. The van der Waals surface area contributed by atoms with E-state index in [0.29, 0.717) is 18.0 Å². The van der Waals surface area contributed by atoms with Crippen LogP contribution >= 0.6 is 23.1 Å². The van der Waals surface area contributed by atoms with Crippen molar-refractivity contribution in [2.45, 2.75) is 29.0 Å². The van der Waals surface area contributed by atoms with Gasteiger partial charge in [0, 0.05) is 28.8 Å². The smallest absolute Gasteiger partial charge is 0.263 e. The van der Waals surface area contributed by atoms with Crippen LogP contribution in [-0.2, 0) is 16.0 Å². The molecule has 1 fully saturated rings. The number of fused-ring (bicyclic) bond motifs is 3. The molecule has 0 spiro atoms. The lowest BCUT2D eigenvalue weighted by molar-refractivity contribution is -0.121. The van der Waals surface area contributed by atoms with E-state index in [0.717, 1.165) is 21.9 Å². The zero-order valence-corrected chi connectivity index (χ0v) is 16.6. The maximum Gasteiger partial charge on any atom is 0.263 e. The number of benzene rings is 2. The van der Waals surface area contributed by atoms with Gasteiger partial charge in [0.25, 0.3) is 5.91 Å². The molecule has 2 aliphatic heterocycles. The molecule has 28 heavy (non-hydrogen) atoms. The van der Waals surface area contributed by atoms with Crippen LogP contribution in [0.25, 0.3) is 0 Å². The Balaban J connectivity index is 1.37. The second-order valence-corrected chi connectivity index (χ2v) is 9.27. The van der Waals surface area contributed by atoms with Gasteiger partial charge in [0.1, 0.15) is 0 Å². The molecule has 1 unspecified atom stereocenters. The van der Waals surface area contributed by atoms with E-state index in [2.05, 4.69) is 22.4 Å². The molecule has 3 aromatic rings. The average molecular weight is 408 g/mol. The van der Waals surface area contributed by atoms with Crippen LogP contribution < -0.4 is 10.2 Å². The topological polar surface area (TPSA) is 62.3 Å². The van der Waals surface area contributed by atoms with Gasteiger partial charge in [0.15, 0.2) is 10.0 Å². The Bertz CT molecular complexity index is 1070. The first-order chi connectivity index (χ1) is 13.7. The fourth-order valence-electron chi connectivity index (χ4n) is 3.74. The van der Waals surface area contributed by atoms with Crippen molar-refractivity contribution in [2.75, 3.05) is 10.2 Å². The molecule has 0 radical (unpaired) electrons. The summed E-state index contributed by atoms with van der Waals surface area (Å²) in [4.78, 5) is 32.9. The monoisotopic (exact) mass is 407 g/mol. The molecule has 0 aliphatic carbocycles. The SMILES string of the molecule is O=C1CCC2(C(=O)Nc3ncc(Cc4ccccc4)s3)Sc3ccccc3N12. The summed E-state index contributed by atoms with van der Waals surface area (Å²) < 4.78 is 0. The minimum atomic E-state index is -0.911. The largest absolute Gasteiger partial charge is 0.299 e. The molecule has 2 aromatic carbocycles. The number of rotatable bonds is 4. The molecule has 0 bridgehead atoms. The molecule has 1 N–H and O–H groups in total. The summed E-state index contributed by atoms with van der Waals surface area (Å²) in [7, 11) is 0. The van der Waals surface area contributed by atoms with E-state index in [-0.39, 0.29) is 11.8 Å². The van der Waals surface area contributed by atoms with E-state index < -0.39 is 4.87 Å². The molecule has 2 aliphatic rings. The van der Waals surface area contributed by atoms with Crippen LogP contribution in [0.15, 0.2) is 65.7 Å². The summed E-state index contributed by atoms with van der Waals surface area (Å²) in [5, 5.41) is 3.53. The predicted molar refractivity (Wildman–Crippen MR) is 112 cm³/mol. The van der Waals surface area contributed by atoms with Crippen LogP contribution in [0, 0.1) is 0 Å². The van der Waals surface area contributed by atoms with Crippen molar-refractivity contribution in [2.24, 2.45) is 0 Å². The summed E-state index contributed by atoms with van der Waals surface area (Å²) in [5.41, 5.74) is 2.03. The highest BCUT2D eigenvalue weighted by Gasteiger charge is 2.57. The summed E-state index contributed by atoms with van der Waals surface area (Å²) >= 11 is 2.94. The number of nitrogens with one attached hydrogen (secondary N) is 1. The van der Waals surface area contributed by atoms with Gasteiger partial charge >= 0.3 is 0 Å². The fourth-order valence-corrected chi connectivity index (χ4v) is 5.99. The molecule has 5 nitrogen and oxygen atoms in total. The fraction of sp³-hybridized carbons (Fsp3) is 0.190. The molecule has 5 rings (SSSR count). The molecule has 1 atom stereocenters. The highest BCUT2D eigenvalue weighted by Crippen LogP contribution is 2.56. The number of hydrogen-bond donors (Lipinski definition) is 1. The highest BCUT2D eigenvalue weighted by molar-refractivity contribution is 8.02. The van der Waals surface area contributed by atoms with Crippen LogP contribution in [0.5, 0.6) is 0 Å². The van der Waals surface area contributed by atoms with E-state index in [1.54, 1.807) is 11.1 Å². The normalized spacial score (nSPS) is 20.1. The second-order valence-electron chi connectivity index (χ2n) is 6.83. The van der Waals surface area contributed by atoms with Gasteiger partial charge in [0.05, 0.1) is 5.69 Å². The quantitative estimate of drug-likeness (QED) is 0.700. The van der Waals surface area contributed by atoms with Crippen molar-refractivity contribution in [1.82, 2.24) is 4.98 Å². The molecule has 3 heterocycles. The standard InChI is InChI=1S/C21H17N3O2S2/c25-18-10-11-21(24(18)16-8-4-5-9-17(16)28-21)19(26)23-20-22-13-15(27-20)12-14-6-2-1-3-7-14/h1-9,13H,10-12H2,(H,22,23,26). The van der Waals surface area contributed by atoms with Gasteiger partial charge in [-0.1, -0.05) is 54.2 Å². The molecular weight excluding hydrogens is 390 g/mol. The molecule has 1 saturated heterocycles. The second kappa shape index (κ2) is 6.76. The van der Waals surface area contributed by atoms with Crippen molar-refractivity contribution < 1.29 is 9.59 Å². The van der Waals surface area contributed by atoms with E-state index in [1.807, 2.05) is 42.5 Å². The summed E-state index contributed by atoms with van der Waals surface area (Å²) in [6.07, 6.45) is 3.47. The zero-order chi connectivity index (χ0) is 19.1. The molecule has 7 heteroatoms. The number of carbonyl (C=O) groups is 2. The predicted octanol–water partition coefficient (Wildman–Crippen LogP) is 4.30. The number of hydrogen-bond acceptors (Lipinski definition) is 5. The first-order valence-electron chi connectivity index (χ1n) is 9.07. The van der Waals surface area contributed by atoms with Crippen LogP contribution in [0.1, 0.15) is 23.3 Å². The van der Waals surface area contributed by atoms with E-state index in [1.165, 1.54) is 28.7 Å². The van der Waals surface area contributed by atoms with Crippen LogP contribution in [0.4, 0.5) is 10.8 Å². The number of nitrogens with zero attached hydrogens (tertiary/aromatic N) is 2. The van der Waals surface area contributed by atoms with Crippen molar-refractivity contribution in [3.05, 3.63) is 71.2 Å².